The van der Waals surface area contributed by atoms with Gasteiger partial charge in [0, 0.05) is 5.02 Å². The fourth-order valence-corrected chi connectivity index (χ4v) is 2.80. The molecule has 1 aliphatic rings. The number of nitrogens with zero attached hydrogens (tertiary/aromatic N) is 2. The van der Waals surface area contributed by atoms with Crippen molar-refractivity contribution in [3.8, 4) is 5.75 Å². The number of ether oxygens (including phenoxy) is 3. The summed E-state index contributed by atoms with van der Waals surface area (Å²) in [7, 11) is 0. The van der Waals surface area contributed by atoms with Gasteiger partial charge in [-0.2, -0.15) is 13.9 Å². The van der Waals surface area contributed by atoms with Gasteiger partial charge in [-0.15, -0.1) is 0 Å². The molecule has 6 nitrogen and oxygen atoms in total. The Labute approximate surface area is 142 Å². The van der Waals surface area contributed by atoms with Gasteiger partial charge in [-0.05, 0) is 24.6 Å². The topological polar surface area (TPSA) is 69.3 Å². The van der Waals surface area contributed by atoms with E-state index in [-0.39, 0.29) is 23.3 Å². The minimum absolute atomic E-state index is 0.0891. The molecular formula is C15H16ClF2N3O3. The quantitative estimate of drug-likeness (QED) is 0.857. The number of aromatic amines is 1. The zero-order valence-electron chi connectivity index (χ0n) is 12.8. The van der Waals surface area contributed by atoms with Gasteiger partial charge in [-0.1, -0.05) is 18.5 Å². The Bertz CT molecular complexity index is 687. The molecule has 130 valence electrons. The van der Waals surface area contributed by atoms with Gasteiger partial charge in [0.25, 0.3) is 0 Å². The summed E-state index contributed by atoms with van der Waals surface area (Å²) in [5, 5.41) is 6.79. The van der Waals surface area contributed by atoms with Gasteiger partial charge < -0.3 is 14.2 Å². The molecule has 3 rings (SSSR count). The van der Waals surface area contributed by atoms with Crippen LogP contribution in [0.4, 0.5) is 8.78 Å². The maximum atomic E-state index is 12.8. The van der Waals surface area contributed by atoms with Crippen LogP contribution in [0.5, 0.6) is 5.75 Å². The number of rotatable bonds is 6. The molecule has 24 heavy (non-hydrogen) atoms. The number of halogens is 3. The standard InChI is InChI=1S/C15H16ClF2N3O3/c1-2-10-7-22-15(24-10,6-13-19-8-20-21-13)11-4-3-9(16)5-12(11)23-14(17)18/h3-5,8,10,14H,2,6-7H2,1H3,(H,19,20,21). The third-order valence-electron chi connectivity index (χ3n) is 3.75. The second-order valence-corrected chi connectivity index (χ2v) is 5.78. The lowest BCUT2D eigenvalue weighted by Crippen LogP contribution is -2.32. The molecule has 0 aliphatic carbocycles. The molecule has 2 unspecified atom stereocenters. The predicted octanol–water partition coefficient (Wildman–Crippen LogP) is 3.28. The Morgan fingerprint density at radius 3 is 2.96 bits per heavy atom. The lowest BCUT2D eigenvalue weighted by Gasteiger charge is -2.29. The minimum atomic E-state index is -2.99. The van der Waals surface area contributed by atoms with E-state index in [0.29, 0.717) is 18.0 Å². The van der Waals surface area contributed by atoms with E-state index in [0.717, 1.165) is 6.42 Å². The summed E-state index contributed by atoms with van der Waals surface area (Å²) in [6, 6.07) is 4.45. The number of H-pyrrole nitrogens is 1. The molecule has 0 amide bonds. The second-order valence-electron chi connectivity index (χ2n) is 5.34. The maximum Gasteiger partial charge on any atom is 0.387 e. The van der Waals surface area contributed by atoms with Crippen LogP contribution in [0, 0.1) is 0 Å². The summed E-state index contributed by atoms with van der Waals surface area (Å²) in [4.78, 5) is 4.07. The van der Waals surface area contributed by atoms with Crippen molar-refractivity contribution in [1.29, 1.82) is 0 Å². The van der Waals surface area contributed by atoms with E-state index in [1.807, 2.05) is 6.92 Å². The van der Waals surface area contributed by atoms with Crippen LogP contribution in [-0.4, -0.2) is 34.5 Å². The molecule has 0 radical (unpaired) electrons. The van der Waals surface area contributed by atoms with Crippen molar-refractivity contribution in [2.45, 2.75) is 38.3 Å². The monoisotopic (exact) mass is 359 g/mol. The molecule has 1 aliphatic heterocycles. The highest BCUT2D eigenvalue weighted by atomic mass is 35.5. The summed E-state index contributed by atoms with van der Waals surface area (Å²) in [6.45, 7) is -0.703. The third-order valence-corrected chi connectivity index (χ3v) is 3.99. The van der Waals surface area contributed by atoms with Crippen molar-refractivity contribution >= 4 is 11.6 Å². The Hall–Kier alpha value is -1.77. The van der Waals surface area contributed by atoms with E-state index in [2.05, 4.69) is 19.9 Å². The Kier molecular flexibility index (Phi) is 4.98. The molecule has 1 aromatic heterocycles. The first-order valence-corrected chi connectivity index (χ1v) is 7.81. The predicted molar refractivity (Wildman–Crippen MR) is 81.0 cm³/mol. The number of aromatic nitrogens is 3. The summed E-state index contributed by atoms with van der Waals surface area (Å²) < 4.78 is 42.1. The van der Waals surface area contributed by atoms with Crippen molar-refractivity contribution in [1.82, 2.24) is 15.2 Å². The van der Waals surface area contributed by atoms with Crippen LogP contribution in [0.3, 0.4) is 0 Å². The molecule has 2 heterocycles. The van der Waals surface area contributed by atoms with Crippen molar-refractivity contribution < 1.29 is 23.0 Å². The van der Waals surface area contributed by atoms with E-state index in [9.17, 15) is 8.78 Å². The van der Waals surface area contributed by atoms with Crippen LogP contribution >= 0.6 is 11.6 Å². The minimum Gasteiger partial charge on any atom is -0.434 e. The smallest absolute Gasteiger partial charge is 0.387 e. The highest BCUT2D eigenvalue weighted by Crippen LogP contribution is 2.43. The summed E-state index contributed by atoms with van der Waals surface area (Å²) in [5.41, 5.74) is 0.333. The lowest BCUT2D eigenvalue weighted by atomic mass is 10.0. The zero-order chi connectivity index (χ0) is 17.2. The van der Waals surface area contributed by atoms with Gasteiger partial charge in [0.05, 0.1) is 24.7 Å². The van der Waals surface area contributed by atoms with Gasteiger partial charge in [-0.3, -0.25) is 5.10 Å². The molecule has 9 heteroatoms. The first kappa shape index (κ1) is 17.1. The number of benzene rings is 1. The average Bonchev–Trinajstić information content (AvgIpc) is 3.17. The van der Waals surface area contributed by atoms with Gasteiger partial charge in [0.15, 0.2) is 0 Å². The first-order valence-electron chi connectivity index (χ1n) is 7.43. The van der Waals surface area contributed by atoms with Crippen LogP contribution in [0.25, 0.3) is 0 Å². The highest BCUT2D eigenvalue weighted by Gasteiger charge is 2.45. The molecule has 0 spiro atoms. The van der Waals surface area contributed by atoms with Crippen LogP contribution in [0.1, 0.15) is 24.7 Å². The van der Waals surface area contributed by atoms with Crippen molar-refractivity contribution in [2.24, 2.45) is 0 Å². The van der Waals surface area contributed by atoms with Crippen molar-refractivity contribution in [2.75, 3.05) is 6.61 Å². The largest absolute Gasteiger partial charge is 0.434 e. The summed E-state index contributed by atoms with van der Waals surface area (Å²) >= 11 is 5.92. The fraction of sp³-hybridized carbons (Fsp3) is 0.467. The molecule has 2 atom stereocenters. The molecule has 0 saturated carbocycles. The maximum absolute atomic E-state index is 12.8. The van der Waals surface area contributed by atoms with Crippen LogP contribution in [0.15, 0.2) is 24.5 Å². The van der Waals surface area contributed by atoms with Gasteiger partial charge in [0.1, 0.15) is 17.9 Å². The number of hydrogen-bond acceptors (Lipinski definition) is 5. The first-order chi connectivity index (χ1) is 11.5. The summed E-state index contributed by atoms with van der Waals surface area (Å²) in [6.07, 6.45) is 2.08. The van der Waals surface area contributed by atoms with Gasteiger partial charge in [0.2, 0.25) is 5.79 Å². The van der Waals surface area contributed by atoms with Crippen molar-refractivity contribution in [3.63, 3.8) is 0 Å². The molecular weight excluding hydrogens is 344 g/mol. The van der Waals surface area contributed by atoms with Gasteiger partial charge >= 0.3 is 6.61 Å². The second kappa shape index (κ2) is 7.00. The zero-order valence-corrected chi connectivity index (χ0v) is 13.6. The van der Waals surface area contributed by atoms with E-state index in [1.54, 1.807) is 12.1 Å². The number of alkyl halides is 2. The van der Waals surface area contributed by atoms with E-state index in [1.165, 1.54) is 12.4 Å². The highest BCUT2D eigenvalue weighted by molar-refractivity contribution is 6.30. The normalized spacial score (nSPS) is 23.8. The number of hydrogen-bond donors (Lipinski definition) is 1. The molecule has 1 N–H and O–H groups in total. The van der Waals surface area contributed by atoms with Gasteiger partial charge in [-0.25, -0.2) is 4.98 Å². The molecule has 0 bridgehead atoms. The Balaban J connectivity index is 2.02. The Morgan fingerprint density at radius 1 is 1.50 bits per heavy atom. The van der Waals surface area contributed by atoms with E-state index < -0.39 is 12.4 Å². The Morgan fingerprint density at radius 2 is 2.33 bits per heavy atom. The van der Waals surface area contributed by atoms with Crippen molar-refractivity contribution in [3.05, 3.63) is 40.9 Å². The molecule has 2 aromatic rings. The SMILES string of the molecule is CCC1COC(Cc2ncn[nH]2)(c2ccc(Cl)cc2OC(F)F)O1. The van der Waals surface area contributed by atoms with Crippen LogP contribution < -0.4 is 4.74 Å². The molecule has 1 aromatic carbocycles. The van der Waals surface area contributed by atoms with Crippen LogP contribution in [-0.2, 0) is 21.7 Å². The average molecular weight is 360 g/mol. The van der Waals surface area contributed by atoms with E-state index in [4.69, 9.17) is 21.1 Å². The van der Waals surface area contributed by atoms with E-state index >= 15 is 0 Å². The lowest BCUT2D eigenvalue weighted by molar-refractivity contribution is -0.179. The molecule has 1 fully saturated rings. The third kappa shape index (κ3) is 3.50. The number of nitrogens with one attached hydrogen (secondary N) is 1. The fourth-order valence-electron chi connectivity index (χ4n) is 2.64. The molecule has 1 saturated heterocycles. The van der Waals surface area contributed by atoms with Crippen LogP contribution in [0.2, 0.25) is 5.02 Å². The summed E-state index contributed by atoms with van der Waals surface area (Å²) in [5.74, 6) is -0.881.